The Morgan fingerprint density at radius 2 is 2.07 bits per heavy atom. The van der Waals surface area contributed by atoms with E-state index in [1.807, 2.05) is 24.3 Å². The highest BCUT2D eigenvalue weighted by Gasteiger charge is 2.29. The zero-order chi connectivity index (χ0) is 20.4. The quantitative estimate of drug-likeness (QED) is 0.614. The van der Waals surface area contributed by atoms with Crippen molar-refractivity contribution in [3.8, 4) is 5.75 Å². The lowest BCUT2D eigenvalue weighted by atomic mass is 10.0. The molecule has 1 saturated heterocycles. The predicted molar refractivity (Wildman–Crippen MR) is 108 cm³/mol. The number of aromatic nitrogens is 3. The molecule has 0 unspecified atom stereocenters. The molecule has 9 heteroatoms. The van der Waals surface area contributed by atoms with Crippen LogP contribution in [0.2, 0.25) is 0 Å². The number of hydrogen-bond acceptors (Lipinski definition) is 6. The van der Waals surface area contributed by atoms with E-state index in [-0.39, 0.29) is 11.5 Å². The van der Waals surface area contributed by atoms with Gasteiger partial charge in [-0.05, 0) is 59.9 Å². The Morgan fingerprint density at radius 1 is 1.21 bits per heavy atom. The van der Waals surface area contributed by atoms with Gasteiger partial charge in [0.2, 0.25) is 10.0 Å². The average Bonchev–Trinajstić information content (AvgIpc) is 3.14. The van der Waals surface area contributed by atoms with Gasteiger partial charge in [0.15, 0.2) is 0 Å². The van der Waals surface area contributed by atoms with Gasteiger partial charge >= 0.3 is 0 Å². The third kappa shape index (κ3) is 4.06. The van der Waals surface area contributed by atoms with Crippen LogP contribution < -0.4 is 9.57 Å². The van der Waals surface area contributed by atoms with Gasteiger partial charge in [0.25, 0.3) is 0 Å². The zero-order valence-corrected chi connectivity index (χ0v) is 17.3. The molecule has 1 aliphatic rings. The topological polar surface area (TPSA) is 86.5 Å². The lowest BCUT2D eigenvalue weighted by Crippen LogP contribution is -2.39. The summed E-state index contributed by atoms with van der Waals surface area (Å²) in [6.45, 7) is 3.42. The summed E-state index contributed by atoms with van der Waals surface area (Å²) in [4.78, 5) is 7.25. The summed E-state index contributed by atoms with van der Waals surface area (Å²) >= 11 is 0. The van der Waals surface area contributed by atoms with E-state index in [0.717, 1.165) is 24.2 Å². The fourth-order valence-electron chi connectivity index (χ4n) is 3.55. The minimum atomic E-state index is -3.56. The van der Waals surface area contributed by atoms with Crippen molar-refractivity contribution in [2.75, 3.05) is 20.2 Å². The number of fused-ring (bicyclic) bond motifs is 1. The molecule has 2 heterocycles. The van der Waals surface area contributed by atoms with Crippen molar-refractivity contribution in [2.24, 2.45) is 5.92 Å². The van der Waals surface area contributed by atoms with Crippen LogP contribution in [0.1, 0.15) is 25.3 Å². The summed E-state index contributed by atoms with van der Waals surface area (Å²) < 4.78 is 32.9. The van der Waals surface area contributed by atoms with Crippen LogP contribution >= 0.6 is 0 Å². The molecule has 0 N–H and O–H groups in total. The number of ether oxygens (including phenoxy) is 1. The minimum absolute atomic E-state index is 0.229. The van der Waals surface area contributed by atoms with Crippen molar-refractivity contribution in [3.63, 3.8) is 0 Å². The molecule has 0 bridgehead atoms. The molecule has 8 nitrogen and oxygen atoms in total. The molecule has 1 atom stereocenters. The summed E-state index contributed by atoms with van der Waals surface area (Å²) in [6, 6.07) is 12.3. The van der Waals surface area contributed by atoms with Crippen LogP contribution in [0.3, 0.4) is 0 Å². The molecule has 0 saturated carbocycles. The number of methoxy groups -OCH3 is 1. The number of rotatable bonds is 6. The fourth-order valence-corrected chi connectivity index (χ4v) is 5.16. The highest BCUT2D eigenvalue weighted by Crippen LogP contribution is 2.25. The summed E-state index contributed by atoms with van der Waals surface area (Å²) in [5.74, 6) is 1.10. The summed E-state index contributed by atoms with van der Waals surface area (Å²) in [5, 5.41) is 8.07. The van der Waals surface area contributed by atoms with E-state index in [1.54, 1.807) is 29.6 Å². The smallest absolute Gasteiger partial charge is 0.243 e. The van der Waals surface area contributed by atoms with Crippen molar-refractivity contribution >= 4 is 21.1 Å². The van der Waals surface area contributed by atoms with Crippen LogP contribution in [0.15, 0.2) is 47.4 Å². The maximum Gasteiger partial charge on any atom is 0.243 e. The summed E-state index contributed by atoms with van der Waals surface area (Å²) in [7, 11) is -1.96. The molecule has 1 aliphatic heterocycles. The molecule has 1 fully saturated rings. The molecule has 0 spiro atoms. The zero-order valence-electron chi connectivity index (χ0n) is 16.5. The van der Waals surface area contributed by atoms with Crippen LogP contribution in [0.4, 0.5) is 0 Å². The molecular formula is C20H24N4O4S. The minimum Gasteiger partial charge on any atom is -0.497 e. The predicted octanol–water partition coefficient (Wildman–Crippen LogP) is 2.49. The van der Waals surface area contributed by atoms with Crippen molar-refractivity contribution in [1.82, 2.24) is 19.5 Å². The van der Waals surface area contributed by atoms with Gasteiger partial charge in [0.05, 0.1) is 12.0 Å². The molecule has 4 rings (SSSR count). The highest BCUT2D eigenvalue weighted by atomic mass is 32.2. The third-order valence-corrected chi connectivity index (χ3v) is 6.99. The largest absolute Gasteiger partial charge is 0.497 e. The van der Waals surface area contributed by atoms with Gasteiger partial charge in [-0.25, -0.2) is 8.42 Å². The van der Waals surface area contributed by atoms with Crippen molar-refractivity contribution < 1.29 is 18.0 Å². The third-order valence-electron chi connectivity index (χ3n) is 5.13. The van der Waals surface area contributed by atoms with Gasteiger partial charge in [0, 0.05) is 13.1 Å². The lowest BCUT2D eigenvalue weighted by molar-refractivity contribution is 0.0750. The van der Waals surface area contributed by atoms with E-state index < -0.39 is 10.0 Å². The van der Waals surface area contributed by atoms with Gasteiger partial charge in [-0.1, -0.05) is 23.9 Å². The van der Waals surface area contributed by atoms with E-state index in [4.69, 9.17) is 9.57 Å². The van der Waals surface area contributed by atoms with E-state index in [0.29, 0.717) is 30.0 Å². The second kappa shape index (κ2) is 8.00. The lowest BCUT2D eigenvalue weighted by Gasteiger charge is -2.30. The molecule has 154 valence electrons. The first-order valence-electron chi connectivity index (χ1n) is 9.59. The standard InChI is InChI=1S/C20H24N4O4S/c1-15-5-4-10-23(13-15)29(25,26)18-8-9-19-20(12-18)24(22-21-19)28-14-16-6-3-7-17(11-16)27-2/h3,6-9,11-12,15H,4-5,10,13-14H2,1-2H3/t15-/m0/s1. The molecule has 2 aromatic carbocycles. The Bertz CT molecular complexity index is 1110. The van der Waals surface area contributed by atoms with Crippen molar-refractivity contribution in [3.05, 3.63) is 48.0 Å². The molecular weight excluding hydrogens is 392 g/mol. The van der Waals surface area contributed by atoms with Gasteiger partial charge in [0.1, 0.15) is 23.4 Å². The first kappa shape index (κ1) is 19.7. The average molecular weight is 417 g/mol. The van der Waals surface area contributed by atoms with Gasteiger partial charge < -0.3 is 9.57 Å². The SMILES string of the molecule is COc1cccc(COn2nnc3ccc(S(=O)(=O)N4CCC[C@H](C)C4)cc32)c1. The molecule has 29 heavy (non-hydrogen) atoms. The highest BCUT2D eigenvalue weighted by molar-refractivity contribution is 7.89. The number of hydrogen-bond donors (Lipinski definition) is 0. The van der Waals surface area contributed by atoms with Crippen LogP contribution in [-0.4, -0.2) is 48.1 Å². The molecule has 0 amide bonds. The number of benzene rings is 2. The second-order valence-electron chi connectivity index (χ2n) is 7.35. The monoisotopic (exact) mass is 416 g/mol. The first-order chi connectivity index (χ1) is 14.0. The Balaban J connectivity index is 1.59. The number of piperidine rings is 1. The van der Waals surface area contributed by atoms with Crippen molar-refractivity contribution in [2.45, 2.75) is 31.3 Å². The van der Waals surface area contributed by atoms with E-state index >= 15 is 0 Å². The summed E-state index contributed by atoms with van der Waals surface area (Å²) in [5.41, 5.74) is 1.99. The van der Waals surface area contributed by atoms with Crippen LogP contribution in [0.5, 0.6) is 5.75 Å². The Kier molecular flexibility index (Phi) is 5.42. The van der Waals surface area contributed by atoms with E-state index in [2.05, 4.69) is 17.2 Å². The van der Waals surface area contributed by atoms with E-state index in [1.165, 1.54) is 4.85 Å². The molecule has 3 aromatic rings. The first-order valence-corrected chi connectivity index (χ1v) is 11.0. The number of sulfonamides is 1. The molecule has 0 aliphatic carbocycles. The van der Waals surface area contributed by atoms with Gasteiger partial charge in [-0.3, -0.25) is 0 Å². The Labute approximate surface area is 170 Å². The number of nitrogens with zero attached hydrogens (tertiary/aromatic N) is 4. The fraction of sp³-hybridized carbons (Fsp3) is 0.400. The van der Waals surface area contributed by atoms with Crippen molar-refractivity contribution in [1.29, 1.82) is 0 Å². The summed E-state index contributed by atoms with van der Waals surface area (Å²) in [6.07, 6.45) is 1.94. The van der Waals surface area contributed by atoms with Crippen LogP contribution in [-0.2, 0) is 16.6 Å². The van der Waals surface area contributed by atoms with Crippen LogP contribution in [0.25, 0.3) is 11.0 Å². The van der Waals surface area contributed by atoms with Crippen LogP contribution in [0, 0.1) is 5.92 Å². The maximum absolute atomic E-state index is 13.1. The van der Waals surface area contributed by atoms with Gasteiger partial charge in [-0.2, -0.15) is 4.31 Å². The van der Waals surface area contributed by atoms with Gasteiger partial charge in [-0.15, -0.1) is 5.10 Å². The Hall–Kier alpha value is -2.65. The Morgan fingerprint density at radius 3 is 2.86 bits per heavy atom. The molecule has 1 aromatic heterocycles. The maximum atomic E-state index is 13.1. The second-order valence-corrected chi connectivity index (χ2v) is 9.29. The van der Waals surface area contributed by atoms with E-state index in [9.17, 15) is 8.42 Å². The normalized spacial score (nSPS) is 18.1. The molecule has 0 radical (unpaired) electrons.